The summed E-state index contributed by atoms with van der Waals surface area (Å²) in [7, 11) is 1.58. The summed E-state index contributed by atoms with van der Waals surface area (Å²) in [6.45, 7) is 0.323. The van der Waals surface area contributed by atoms with Gasteiger partial charge in [0, 0.05) is 28.8 Å². The Morgan fingerprint density at radius 2 is 2.40 bits per heavy atom. The third-order valence-corrected chi connectivity index (χ3v) is 1.81. The second kappa shape index (κ2) is 5.57. The zero-order valence-electron chi connectivity index (χ0n) is 8.42. The highest BCUT2D eigenvalue weighted by molar-refractivity contribution is 5.61. The molecular formula is C10H12N4O. The van der Waals surface area contributed by atoms with E-state index in [9.17, 15) is 0 Å². The van der Waals surface area contributed by atoms with Gasteiger partial charge < -0.3 is 10.5 Å². The number of benzene rings is 1. The zero-order chi connectivity index (χ0) is 11.1. The van der Waals surface area contributed by atoms with Gasteiger partial charge in [-0.3, -0.25) is 0 Å². The van der Waals surface area contributed by atoms with E-state index in [1.165, 1.54) is 0 Å². The molecule has 0 unspecified atom stereocenters. The van der Waals surface area contributed by atoms with E-state index < -0.39 is 0 Å². The van der Waals surface area contributed by atoms with Crippen molar-refractivity contribution in [3.05, 3.63) is 40.3 Å². The maximum atomic E-state index is 8.08. The fourth-order valence-corrected chi connectivity index (χ4v) is 1.13. The average Bonchev–Trinajstić information content (AvgIpc) is 2.26. The van der Waals surface area contributed by atoms with Gasteiger partial charge in [-0.1, -0.05) is 17.3 Å². The summed E-state index contributed by atoms with van der Waals surface area (Å²) in [5.41, 5.74) is 15.2. The zero-order valence-corrected chi connectivity index (χ0v) is 8.42. The Bertz CT molecular complexity index is 408. The van der Waals surface area contributed by atoms with Crippen LogP contribution in [-0.4, -0.2) is 13.7 Å². The Kier molecular flexibility index (Phi) is 4.06. The summed E-state index contributed by atoms with van der Waals surface area (Å²) in [4.78, 5) is 2.65. The van der Waals surface area contributed by atoms with Crippen LogP contribution in [0.4, 0.5) is 5.69 Å². The Hall–Kier alpha value is -2.13. The van der Waals surface area contributed by atoms with Gasteiger partial charge in [0.2, 0.25) is 0 Å². The quantitative estimate of drug-likeness (QED) is 0.354. The highest BCUT2D eigenvalue weighted by Gasteiger charge is 1.98. The van der Waals surface area contributed by atoms with Crippen molar-refractivity contribution < 1.29 is 4.74 Å². The molecule has 78 valence electrons. The van der Waals surface area contributed by atoms with Crippen molar-refractivity contribution in [3.63, 3.8) is 0 Å². The summed E-state index contributed by atoms with van der Waals surface area (Å²) >= 11 is 0. The number of nitrogen functional groups attached to an aromatic ring is 1. The molecule has 0 aromatic heterocycles. The largest absolute Gasteiger partial charge is 0.496 e. The van der Waals surface area contributed by atoms with Crippen LogP contribution in [-0.2, 0) is 0 Å². The molecule has 1 rings (SSSR count). The van der Waals surface area contributed by atoms with E-state index in [0.717, 1.165) is 5.56 Å². The molecule has 0 aliphatic rings. The van der Waals surface area contributed by atoms with Crippen molar-refractivity contribution in [3.8, 4) is 5.75 Å². The molecule has 0 radical (unpaired) electrons. The maximum absolute atomic E-state index is 8.08. The molecule has 15 heavy (non-hydrogen) atoms. The molecule has 0 saturated carbocycles. The lowest BCUT2D eigenvalue weighted by Crippen LogP contribution is -1.90. The van der Waals surface area contributed by atoms with Gasteiger partial charge >= 0.3 is 0 Å². The first-order valence-electron chi connectivity index (χ1n) is 4.39. The summed E-state index contributed by atoms with van der Waals surface area (Å²) in [5, 5.41) is 3.39. The highest BCUT2D eigenvalue weighted by Crippen LogP contribution is 2.22. The molecule has 0 bridgehead atoms. The molecule has 0 saturated heterocycles. The molecule has 0 heterocycles. The molecule has 0 amide bonds. The first-order valence-corrected chi connectivity index (χ1v) is 4.39. The van der Waals surface area contributed by atoms with Gasteiger partial charge in [-0.25, -0.2) is 0 Å². The molecule has 0 aliphatic carbocycles. The van der Waals surface area contributed by atoms with Gasteiger partial charge in [0.25, 0.3) is 0 Å². The van der Waals surface area contributed by atoms with E-state index in [1.54, 1.807) is 25.3 Å². The topological polar surface area (TPSA) is 84.0 Å². The van der Waals surface area contributed by atoms with Crippen LogP contribution >= 0.6 is 0 Å². The van der Waals surface area contributed by atoms with Crippen LogP contribution in [0.25, 0.3) is 16.5 Å². The van der Waals surface area contributed by atoms with E-state index in [0.29, 0.717) is 18.0 Å². The van der Waals surface area contributed by atoms with Crippen molar-refractivity contribution in [2.24, 2.45) is 5.11 Å². The van der Waals surface area contributed by atoms with Crippen LogP contribution in [0.3, 0.4) is 0 Å². The molecule has 5 nitrogen and oxygen atoms in total. The van der Waals surface area contributed by atoms with Crippen LogP contribution in [0.1, 0.15) is 5.56 Å². The lowest BCUT2D eigenvalue weighted by molar-refractivity contribution is 0.414. The lowest BCUT2D eigenvalue weighted by Gasteiger charge is -2.05. The van der Waals surface area contributed by atoms with E-state index in [4.69, 9.17) is 16.0 Å². The predicted molar refractivity (Wildman–Crippen MR) is 60.5 cm³/mol. The molecule has 0 aliphatic heterocycles. The minimum atomic E-state index is 0.323. The normalized spacial score (nSPS) is 9.93. The van der Waals surface area contributed by atoms with Crippen LogP contribution in [0.5, 0.6) is 5.75 Å². The summed E-state index contributed by atoms with van der Waals surface area (Å²) in [6, 6.07) is 5.38. The van der Waals surface area contributed by atoms with Crippen LogP contribution in [0.2, 0.25) is 0 Å². The Morgan fingerprint density at radius 3 is 3.07 bits per heavy atom. The number of hydrogen-bond donors (Lipinski definition) is 1. The van der Waals surface area contributed by atoms with Gasteiger partial charge in [0.05, 0.1) is 7.11 Å². The number of rotatable bonds is 4. The van der Waals surface area contributed by atoms with E-state index in [-0.39, 0.29) is 0 Å². The number of azide groups is 1. The van der Waals surface area contributed by atoms with E-state index in [1.807, 2.05) is 12.1 Å². The Balaban J connectivity index is 2.84. The number of hydrogen-bond acceptors (Lipinski definition) is 3. The molecule has 1 aromatic rings. The minimum Gasteiger partial charge on any atom is -0.496 e. The van der Waals surface area contributed by atoms with Crippen LogP contribution in [0.15, 0.2) is 29.4 Å². The molecule has 0 spiro atoms. The summed E-state index contributed by atoms with van der Waals surface area (Å²) in [5.74, 6) is 0.701. The number of anilines is 1. The fraction of sp³-hybridized carbons (Fsp3) is 0.200. The van der Waals surface area contributed by atoms with Crippen molar-refractivity contribution >= 4 is 11.8 Å². The smallest absolute Gasteiger partial charge is 0.128 e. The third kappa shape index (κ3) is 3.25. The number of methoxy groups -OCH3 is 1. The third-order valence-electron chi connectivity index (χ3n) is 1.81. The van der Waals surface area contributed by atoms with E-state index >= 15 is 0 Å². The monoisotopic (exact) mass is 204 g/mol. The highest BCUT2D eigenvalue weighted by atomic mass is 16.5. The Labute approximate surface area is 87.8 Å². The molecule has 2 N–H and O–H groups in total. The van der Waals surface area contributed by atoms with Gasteiger partial charge in [0.15, 0.2) is 0 Å². The van der Waals surface area contributed by atoms with Crippen molar-refractivity contribution in [2.45, 2.75) is 0 Å². The standard InChI is InChI=1S/C10H12N4O/c1-15-10-7-9(11)5-4-8(10)3-2-6-13-14-12/h2-5,7H,6,11H2,1H3. The van der Waals surface area contributed by atoms with Gasteiger partial charge in [0.1, 0.15) is 5.75 Å². The van der Waals surface area contributed by atoms with Crippen molar-refractivity contribution in [1.82, 2.24) is 0 Å². The summed E-state index contributed by atoms with van der Waals surface area (Å²) in [6.07, 6.45) is 3.58. The van der Waals surface area contributed by atoms with Crippen LogP contribution in [0, 0.1) is 0 Å². The lowest BCUT2D eigenvalue weighted by atomic mass is 10.1. The number of ether oxygens (including phenoxy) is 1. The fourth-order valence-electron chi connectivity index (χ4n) is 1.13. The number of nitrogens with zero attached hydrogens (tertiary/aromatic N) is 3. The molecule has 0 atom stereocenters. The maximum Gasteiger partial charge on any atom is 0.128 e. The minimum absolute atomic E-state index is 0.323. The van der Waals surface area contributed by atoms with Crippen molar-refractivity contribution in [2.75, 3.05) is 19.4 Å². The Morgan fingerprint density at radius 1 is 1.60 bits per heavy atom. The average molecular weight is 204 g/mol. The molecular weight excluding hydrogens is 192 g/mol. The SMILES string of the molecule is COc1cc(N)ccc1C=CCN=[N+]=[N-]. The van der Waals surface area contributed by atoms with E-state index in [2.05, 4.69) is 10.0 Å². The molecule has 5 heteroatoms. The molecule has 1 aromatic carbocycles. The summed E-state index contributed by atoms with van der Waals surface area (Å²) < 4.78 is 5.15. The molecule has 0 fully saturated rings. The predicted octanol–water partition coefficient (Wildman–Crippen LogP) is 2.60. The van der Waals surface area contributed by atoms with Gasteiger partial charge in [-0.2, -0.15) is 0 Å². The van der Waals surface area contributed by atoms with Gasteiger partial charge in [-0.15, -0.1) is 0 Å². The van der Waals surface area contributed by atoms with Crippen molar-refractivity contribution in [1.29, 1.82) is 0 Å². The second-order valence-electron chi connectivity index (χ2n) is 2.82. The first kappa shape index (κ1) is 10.9. The van der Waals surface area contributed by atoms with Gasteiger partial charge in [-0.05, 0) is 17.7 Å². The second-order valence-corrected chi connectivity index (χ2v) is 2.82. The van der Waals surface area contributed by atoms with Crippen LogP contribution < -0.4 is 10.5 Å². The first-order chi connectivity index (χ1) is 7.27. The number of nitrogens with two attached hydrogens (primary N) is 1.